The van der Waals surface area contributed by atoms with Crippen molar-refractivity contribution in [3.8, 4) is 0 Å². The standard InChI is InChI=1S/C19H24N8O13P2S2.Mo.2H2O/c20-7-1-2-27(19(31)22-7)17-11(29)10(28)5(39-17)3-36-41(32,33)40-42(34,35)37-4-6-12(43)13(44)8-16(38-6)24-14-9(23-8)15(30)26-18(21)25-14;;;/h1-2,5-6,8,10-11,16-17,28-29,43-44H,3-4H2,(H,32,33)(H,34,35)(H2,20,22,31)(H3,21,24,25,26,30);;2*1H2/q;+2;;/p-2/t5-,6-,8+,10-,11-,16-,17-;;;/m1.../s1. The van der Waals surface area contributed by atoms with Crippen LogP contribution in [0.5, 0.6) is 0 Å². The maximum absolute atomic E-state index is 12.5. The fourth-order valence-corrected chi connectivity index (χ4v) is 6.86. The van der Waals surface area contributed by atoms with Gasteiger partial charge in [-0.2, -0.15) is 24.1 Å². The molecule has 0 amide bonds. The van der Waals surface area contributed by atoms with Crippen molar-refractivity contribution in [1.82, 2.24) is 19.5 Å². The molecule has 1 fully saturated rings. The normalized spacial score (nSPS) is 28.8. The number of nitrogen functional groups attached to an aromatic ring is 2. The molecule has 28 heteroatoms. The summed E-state index contributed by atoms with van der Waals surface area (Å²) in [7, 11) is -10.7. The number of nitrogens with one attached hydrogen (secondary N) is 1. The van der Waals surface area contributed by atoms with Crippen LogP contribution in [0.1, 0.15) is 6.23 Å². The molecular weight excluding hydrogens is 802 g/mol. The predicted octanol–water partition coefficient (Wildman–Crippen LogP) is -5.94. The van der Waals surface area contributed by atoms with E-state index < -0.39 is 83.0 Å². The van der Waals surface area contributed by atoms with E-state index in [2.05, 4.69) is 33.8 Å². The molecule has 2 aromatic heterocycles. The Bertz CT molecular complexity index is 1850. The average molecular weight is 828 g/mol. The fraction of sp³-hybridized carbons (Fsp3) is 0.474. The van der Waals surface area contributed by atoms with Crippen LogP contribution in [0.4, 0.5) is 11.8 Å². The Kier molecular flexibility index (Phi) is 13.6. The summed E-state index contributed by atoms with van der Waals surface area (Å²) in [6.45, 7) is -1.76. The zero-order chi connectivity index (χ0) is 32.1. The summed E-state index contributed by atoms with van der Waals surface area (Å²) < 4.78 is 50.5. The van der Waals surface area contributed by atoms with Crippen LogP contribution in [-0.4, -0.2) is 100 Å². The zero-order valence-corrected chi connectivity index (χ0v) is 28.5. The van der Waals surface area contributed by atoms with Gasteiger partial charge in [0, 0.05) is 6.20 Å². The van der Waals surface area contributed by atoms with E-state index in [-0.39, 0.29) is 64.4 Å². The fourth-order valence-electron chi connectivity index (χ4n) is 4.24. The number of H-pyrrole nitrogens is 1. The van der Waals surface area contributed by atoms with Crippen molar-refractivity contribution in [3.63, 3.8) is 0 Å². The number of aliphatic hydroxyl groups excluding tert-OH is 2. The van der Waals surface area contributed by atoms with Crippen LogP contribution in [0.3, 0.4) is 0 Å². The molecule has 13 N–H and O–H groups in total. The Hall–Kier alpha value is -2.15. The minimum Gasteiger partial charge on any atom is -0.783 e. The smallest absolute Gasteiger partial charge is 0.783 e. The number of rotatable bonds is 9. The van der Waals surface area contributed by atoms with Crippen molar-refractivity contribution in [2.45, 2.75) is 42.9 Å². The van der Waals surface area contributed by atoms with Crippen molar-refractivity contribution in [1.29, 1.82) is 0 Å². The topological polar surface area (TPSA) is 382 Å². The predicted molar refractivity (Wildman–Crippen MR) is 154 cm³/mol. The van der Waals surface area contributed by atoms with Crippen LogP contribution >= 0.6 is 15.6 Å². The van der Waals surface area contributed by atoms with Gasteiger partial charge >= 0.3 is 42.4 Å². The van der Waals surface area contributed by atoms with E-state index in [1.165, 1.54) is 6.07 Å². The number of anilines is 2. The van der Waals surface area contributed by atoms with Gasteiger partial charge in [0.05, 0.1) is 25.4 Å². The summed E-state index contributed by atoms with van der Waals surface area (Å²) >= 11 is 10.6. The SMILES string of the molecule is Nc1ccn([C@@H]2O[C@H](COP(=O)(O)OP(=O)(O)OC[C@H]3O[C@H]4N=c5nc(N)[nH]c(=O)c5=N[C@H]4C([S-])=C3[S-])[C@@H](O)[C@H]2O)c(=O)n1.O.O.[Mo+2]. The first-order chi connectivity index (χ1) is 20.5. The van der Waals surface area contributed by atoms with Crippen LogP contribution in [-0.2, 0) is 78.3 Å². The molecule has 2 aromatic rings. The number of fused-ring (bicyclic) bond motifs is 2. The second-order valence-corrected chi connectivity index (χ2v) is 13.2. The molecule has 23 nitrogen and oxygen atoms in total. The van der Waals surface area contributed by atoms with Crippen LogP contribution in [0.15, 0.2) is 41.6 Å². The first-order valence-corrected chi connectivity index (χ1v) is 15.9. The molecule has 0 aromatic carbocycles. The van der Waals surface area contributed by atoms with Crippen molar-refractivity contribution in [2.75, 3.05) is 24.7 Å². The molecule has 5 rings (SSSR count). The van der Waals surface area contributed by atoms with Crippen molar-refractivity contribution in [2.24, 2.45) is 9.98 Å². The summed E-state index contributed by atoms with van der Waals surface area (Å²) in [5.41, 5.74) is 9.24. The summed E-state index contributed by atoms with van der Waals surface area (Å²) in [6, 6.07) is 0.241. The molecule has 3 aliphatic rings. The first-order valence-electron chi connectivity index (χ1n) is 12.1. The van der Waals surface area contributed by atoms with Gasteiger partial charge in [0.2, 0.25) is 5.95 Å². The largest absolute Gasteiger partial charge is 2.00 e. The Labute approximate surface area is 286 Å². The summed E-state index contributed by atoms with van der Waals surface area (Å²) in [6.07, 6.45) is -7.70. The molecule has 2 unspecified atom stereocenters. The van der Waals surface area contributed by atoms with Gasteiger partial charge < -0.3 is 77.2 Å². The third kappa shape index (κ3) is 8.91. The number of phosphoric acid groups is 2. The quantitative estimate of drug-likeness (QED) is 0.0703. The minimum absolute atomic E-state index is 0. The number of nitrogens with zero attached hydrogens (tertiary/aromatic N) is 5. The van der Waals surface area contributed by atoms with Crippen molar-refractivity contribution < 1.29 is 84.0 Å². The van der Waals surface area contributed by atoms with Gasteiger partial charge in [-0.25, -0.2) is 18.9 Å². The average Bonchev–Trinajstić information content (AvgIpc) is 3.20. The molecule has 0 aliphatic carbocycles. The number of phosphoric ester groups is 2. The Morgan fingerprint density at radius 2 is 1.62 bits per heavy atom. The molecule has 5 heterocycles. The maximum Gasteiger partial charge on any atom is 2.00 e. The van der Waals surface area contributed by atoms with E-state index in [0.717, 1.165) is 10.8 Å². The molecule has 260 valence electrons. The van der Waals surface area contributed by atoms with Gasteiger partial charge in [-0.1, -0.05) is 0 Å². The number of aromatic amines is 1. The monoisotopic (exact) mass is 830 g/mol. The van der Waals surface area contributed by atoms with Crippen LogP contribution < -0.4 is 33.6 Å². The van der Waals surface area contributed by atoms with Gasteiger partial charge in [0.15, 0.2) is 23.3 Å². The van der Waals surface area contributed by atoms with E-state index in [0.29, 0.717) is 0 Å². The van der Waals surface area contributed by atoms with Crippen LogP contribution in [0.2, 0.25) is 0 Å². The number of hydrogen-bond acceptors (Lipinski definition) is 19. The first kappa shape index (κ1) is 41.0. The summed E-state index contributed by atoms with van der Waals surface area (Å²) in [5, 5.41) is 20.4. The molecule has 9 atom stereocenters. The number of ether oxygens (including phenoxy) is 2. The molecule has 47 heavy (non-hydrogen) atoms. The van der Waals surface area contributed by atoms with Gasteiger partial charge in [0.1, 0.15) is 24.1 Å². The molecular formula is C19H26MoN8O15P2S2. The Balaban J connectivity index is 0.00000256. The third-order valence-electron chi connectivity index (χ3n) is 6.25. The molecule has 0 bridgehead atoms. The number of aromatic nitrogens is 4. The van der Waals surface area contributed by atoms with E-state index in [1.54, 1.807) is 0 Å². The van der Waals surface area contributed by atoms with E-state index in [9.17, 15) is 38.7 Å². The minimum atomic E-state index is -5.38. The van der Waals surface area contributed by atoms with E-state index in [4.69, 9.17) is 50.7 Å². The summed E-state index contributed by atoms with van der Waals surface area (Å²) in [4.78, 5) is 62.2. The van der Waals surface area contributed by atoms with Crippen molar-refractivity contribution >= 4 is 52.7 Å². The zero-order valence-electron chi connectivity index (χ0n) is 23.1. The number of aliphatic hydroxyl groups is 2. The third-order valence-corrected chi connectivity index (χ3v) is 9.93. The van der Waals surface area contributed by atoms with E-state index in [1.807, 2.05) is 0 Å². The molecule has 0 saturated carbocycles. The van der Waals surface area contributed by atoms with Gasteiger partial charge in [-0.3, -0.25) is 28.4 Å². The van der Waals surface area contributed by atoms with Crippen molar-refractivity contribution in [3.05, 3.63) is 53.8 Å². The molecule has 1 saturated heterocycles. The summed E-state index contributed by atoms with van der Waals surface area (Å²) in [5.74, 6) is -0.337. The van der Waals surface area contributed by atoms with Gasteiger partial charge in [-0.15, -0.1) is 0 Å². The molecule has 0 radical (unpaired) electrons. The second-order valence-electron chi connectivity index (χ2n) is 9.27. The Morgan fingerprint density at radius 1 is 0.979 bits per heavy atom. The second kappa shape index (κ2) is 15.6. The maximum atomic E-state index is 12.5. The number of nitrogens with two attached hydrogens (primary N) is 2. The van der Waals surface area contributed by atoms with Crippen LogP contribution in [0, 0.1) is 0 Å². The van der Waals surface area contributed by atoms with Gasteiger partial charge in [0.25, 0.3) is 5.56 Å². The Morgan fingerprint density at radius 3 is 2.26 bits per heavy atom. The molecule has 3 aliphatic heterocycles. The molecule has 0 spiro atoms. The van der Waals surface area contributed by atoms with Gasteiger partial charge in [-0.05, 0) is 6.07 Å². The number of hydrogen-bond donors (Lipinski definition) is 7. The van der Waals surface area contributed by atoms with Crippen LogP contribution in [0.25, 0.3) is 0 Å². The van der Waals surface area contributed by atoms with E-state index >= 15 is 0 Å².